The van der Waals surface area contributed by atoms with Crippen LogP contribution < -0.4 is 0 Å². The van der Waals surface area contributed by atoms with Crippen molar-refractivity contribution in [1.82, 2.24) is 19.9 Å². The van der Waals surface area contributed by atoms with Crippen LogP contribution in [0.3, 0.4) is 0 Å². The summed E-state index contributed by atoms with van der Waals surface area (Å²) < 4.78 is 5.95. The van der Waals surface area contributed by atoms with E-state index in [-0.39, 0.29) is 11.8 Å². The van der Waals surface area contributed by atoms with Gasteiger partial charge in [0.05, 0.1) is 11.0 Å². The van der Waals surface area contributed by atoms with Gasteiger partial charge in [-0.2, -0.15) is 0 Å². The van der Waals surface area contributed by atoms with Gasteiger partial charge in [0.15, 0.2) is 16.6 Å². The van der Waals surface area contributed by atoms with Crippen molar-refractivity contribution in [3.05, 3.63) is 89.8 Å². The number of nitrogens with one attached hydrogen (secondary N) is 1. The maximum Gasteiger partial charge on any atom is 0.253 e. The second-order valence-corrected chi connectivity index (χ2v) is 9.60. The Bertz CT molecular complexity index is 1380. The highest BCUT2D eigenvalue weighted by atomic mass is 32.2. The number of amides is 1. The van der Waals surface area contributed by atoms with Gasteiger partial charge in [-0.25, -0.2) is 9.97 Å². The van der Waals surface area contributed by atoms with Crippen LogP contribution in [0.25, 0.3) is 22.1 Å². The monoisotopic (exact) mass is 468 g/mol. The Balaban J connectivity index is 1.05. The molecule has 0 saturated carbocycles. The molecular weight excluding hydrogens is 444 g/mol. The van der Waals surface area contributed by atoms with Crippen molar-refractivity contribution in [2.75, 3.05) is 13.1 Å². The zero-order valence-electron chi connectivity index (χ0n) is 18.6. The van der Waals surface area contributed by atoms with Crippen LogP contribution in [0.1, 0.15) is 40.6 Å². The highest BCUT2D eigenvalue weighted by Gasteiger charge is 2.27. The van der Waals surface area contributed by atoms with E-state index in [1.54, 1.807) is 11.8 Å². The number of imidazole rings is 1. The average molecular weight is 469 g/mol. The summed E-state index contributed by atoms with van der Waals surface area (Å²) in [5, 5.41) is 0.906. The maximum atomic E-state index is 13.0. The zero-order chi connectivity index (χ0) is 22.9. The smallest absolute Gasteiger partial charge is 0.253 e. The molecule has 1 aliphatic rings. The van der Waals surface area contributed by atoms with Crippen LogP contribution in [0.5, 0.6) is 0 Å². The second kappa shape index (κ2) is 8.99. The number of likely N-dealkylation sites (tertiary alicyclic amines) is 1. The summed E-state index contributed by atoms with van der Waals surface area (Å²) in [4.78, 5) is 27.6. The molecule has 6 nitrogen and oxygen atoms in total. The summed E-state index contributed by atoms with van der Waals surface area (Å²) in [6.45, 7) is 1.43. The van der Waals surface area contributed by atoms with Crippen molar-refractivity contribution >= 4 is 39.8 Å². The molecule has 2 aromatic heterocycles. The normalized spacial score (nSPS) is 14.8. The third-order valence-electron chi connectivity index (χ3n) is 6.39. The third kappa shape index (κ3) is 4.19. The first-order chi connectivity index (χ1) is 16.7. The van der Waals surface area contributed by atoms with E-state index < -0.39 is 0 Å². The minimum Gasteiger partial charge on any atom is -0.440 e. The molecule has 0 atom stereocenters. The van der Waals surface area contributed by atoms with E-state index in [2.05, 4.69) is 15.0 Å². The molecule has 0 bridgehead atoms. The molecule has 1 fully saturated rings. The SMILES string of the molecule is O=C(c1ccc(CSc2nc3ccccc3[nH]2)cc1)N1CCC(c2nc3ccccc3o2)CC1. The number of hydrogen-bond acceptors (Lipinski definition) is 5. The quantitative estimate of drug-likeness (QED) is 0.320. The fourth-order valence-electron chi connectivity index (χ4n) is 4.47. The van der Waals surface area contributed by atoms with Gasteiger partial charge in [-0.1, -0.05) is 48.2 Å². The first kappa shape index (κ1) is 21.0. The van der Waals surface area contributed by atoms with Crippen molar-refractivity contribution in [1.29, 1.82) is 0 Å². The van der Waals surface area contributed by atoms with Crippen molar-refractivity contribution in [3.63, 3.8) is 0 Å². The number of rotatable bonds is 5. The standard InChI is InChI=1S/C27H24N4O2S/c32-26(31-15-13-19(14-16-31)25-28-23-7-3-4-8-24(23)33-25)20-11-9-18(10-12-20)17-34-27-29-21-5-1-2-6-22(21)30-27/h1-12,19H,13-17H2,(H,29,30). The molecule has 1 N–H and O–H groups in total. The van der Waals surface area contributed by atoms with Gasteiger partial charge in [0, 0.05) is 30.3 Å². The number of benzene rings is 3. The molecule has 0 unspecified atom stereocenters. The van der Waals surface area contributed by atoms with E-state index in [0.29, 0.717) is 13.1 Å². The number of aromatic amines is 1. The predicted molar refractivity (Wildman–Crippen MR) is 134 cm³/mol. The van der Waals surface area contributed by atoms with Crippen LogP contribution in [-0.2, 0) is 5.75 Å². The highest BCUT2D eigenvalue weighted by molar-refractivity contribution is 7.98. The van der Waals surface area contributed by atoms with Crippen molar-refractivity contribution < 1.29 is 9.21 Å². The lowest BCUT2D eigenvalue weighted by Crippen LogP contribution is -2.38. The molecule has 7 heteroatoms. The Hall–Kier alpha value is -3.58. The number of thioether (sulfide) groups is 1. The summed E-state index contributed by atoms with van der Waals surface area (Å²) in [6, 6.07) is 23.8. The number of aromatic nitrogens is 3. The zero-order valence-corrected chi connectivity index (χ0v) is 19.4. The van der Waals surface area contributed by atoms with E-state index in [1.165, 1.54) is 0 Å². The number of carbonyl (C=O) groups is 1. The van der Waals surface area contributed by atoms with Crippen molar-refractivity contribution in [2.24, 2.45) is 0 Å². The summed E-state index contributed by atoms with van der Waals surface area (Å²) >= 11 is 1.66. The topological polar surface area (TPSA) is 75.0 Å². The van der Waals surface area contributed by atoms with Crippen LogP contribution in [-0.4, -0.2) is 38.8 Å². The number of para-hydroxylation sites is 4. The van der Waals surface area contributed by atoms with Crippen LogP contribution >= 0.6 is 11.8 Å². The first-order valence-electron chi connectivity index (χ1n) is 11.5. The van der Waals surface area contributed by atoms with Gasteiger partial charge >= 0.3 is 0 Å². The van der Waals surface area contributed by atoms with Gasteiger partial charge in [0.2, 0.25) is 0 Å². The number of nitrogens with zero attached hydrogens (tertiary/aromatic N) is 3. The number of hydrogen-bond donors (Lipinski definition) is 1. The average Bonchev–Trinajstić information content (AvgIpc) is 3.51. The Kier molecular flexibility index (Phi) is 5.55. The Morgan fingerprint density at radius 1 is 0.941 bits per heavy atom. The number of piperidine rings is 1. The molecule has 3 aromatic carbocycles. The number of carbonyl (C=O) groups excluding carboxylic acids is 1. The van der Waals surface area contributed by atoms with E-state index >= 15 is 0 Å². The van der Waals surface area contributed by atoms with E-state index in [4.69, 9.17) is 4.42 Å². The molecule has 0 aliphatic carbocycles. The molecule has 1 amide bonds. The molecule has 1 aliphatic heterocycles. The minimum atomic E-state index is 0.0903. The van der Waals surface area contributed by atoms with Crippen molar-refractivity contribution in [3.8, 4) is 0 Å². The van der Waals surface area contributed by atoms with Gasteiger partial charge in [-0.05, 0) is 54.8 Å². The number of fused-ring (bicyclic) bond motifs is 2. The molecule has 5 aromatic rings. The maximum absolute atomic E-state index is 13.0. The van der Waals surface area contributed by atoms with Gasteiger partial charge in [-0.15, -0.1) is 0 Å². The predicted octanol–water partition coefficient (Wildman–Crippen LogP) is 6.02. The van der Waals surface area contributed by atoms with Gasteiger partial charge in [0.25, 0.3) is 5.91 Å². The fraction of sp³-hybridized carbons (Fsp3) is 0.222. The first-order valence-corrected chi connectivity index (χ1v) is 12.5. The third-order valence-corrected chi connectivity index (χ3v) is 7.33. The van der Waals surface area contributed by atoms with Crippen LogP contribution in [0.4, 0.5) is 0 Å². The summed E-state index contributed by atoms with van der Waals surface area (Å²) in [5.41, 5.74) is 5.65. The van der Waals surface area contributed by atoms with Gasteiger partial charge in [0.1, 0.15) is 5.52 Å². The lowest BCUT2D eigenvalue weighted by Gasteiger charge is -2.30. The Morgan fingerprint density at radius 2 is 1.68 bits per heavy atom. The van der Waals surface area contributed by atoms with Crippen LogP contribution in [0.15, 0.2) is 82.4 Å². The summed E-state index contributed by atoms with van der Waals surface area (Å²) in [5.74, 6) is 1.94. The Labute approximate surface area is 201 Å². The minimum absolute atomic E-state index is 0.0903. The van der Waals surface area contributed by atoms with E-state index in [1.807, 2.05) is 77.7 Å². The number of oxazole rings is 1. The summed E-state index contributed by atoms with van der Waals surface area (Å²) in [6.07, 6.45) is 1.73. The largest absolute Gasteiger partial charge is 0.440 e. The van der Waals surface area contributed by atoms with Crippen LogP contribution in [0, 0.1) is 0 Å². The van der Waals surface area contributed by atoms with E-state index in [9.17, 15) is 4.79 Å². The van der Waals surface area contributed by atoms with Gasteiger partial charge in [-0.3, -0.25) is 4.79 Å². The highest BCUT2D eigenvalue weighted by Crippen LogP contribution is 2.30. The lowest BCUT2D eigenvalue weighted by molar-refractivity contribution is 0.0706. The van der Waals surface area contributed by atoms with E-state index in [0.717, 1.165) is 62.9 Å². The second-order valence-electron chi connectivity index (χ2n) is 8.63. The molecule has 1 saturated heterocycles. The molecule has 6 rings (SSSR count). The molecule has 34 heavy (non-hydrogen) atoms. The van der Waals surface area contributed by atoms with Crippen LogP contribution in [0.2, 0.25) is 0 Å². The number of H-pyrrole nitrogens is 1. The Morgan fingerprint density at radius 3 is 2.44 bits per heavy atom. The molecule has 3 heterocycles. The fourth-order valence-corrected chi connectivity index (χ4v) is 5.31. The van der Waals surface area contributed by atoms with Crippen molar-refractivity contribution in [2.45, 2.75) is 29.7 Å². The summed E-state index contributed by atoms with van der Waals surface area (Å²) in [7, 11) is 0. The lowest BCUT2D eigenvalue weighted by atomic mass is 9.96. The molecule has 0 spiro atoms. The molecule has 170 valence electrons. The molecular formula is C27H24N4O2S. The van der Waals surface area contributed by atoms with Gasteiger partial charge < -0.3 is 14.3 Å². The molecule has 0 radical (unpaired) electrons.